The quantitative estimate of drug-likeness (QED) is 0.251. The smallest absolute Gasteiger partial charge is 0.854 e. The fourth-order valence-corrected chi connectivity index (χ4v) is 0. The summed E-state index contributed by atoms with van der Waals surface area (Å²) in [6.07, 6.45) is 0. The number of hydrogen-bond acceptors (Lipinski definition) is 6. The first-order valence-electron chi connectivity index (χ1n) is 1.15. The van der Waals surface area contributed by atoms with Gasteiger partial charge in [-0.3, -0.25) is 0 Å². The monoisotopic (exact) mass is 182 g/mol. The average Bonchev–Trinajstić information content (AvgIpc) is 1.25. The molecule has 0 rings (SSSR count). The van der Waals surface area contributed by atoms with Gasteiger partial charge in [-0.15, -0.1) is 0 Å². The van der Waals surface area contributed by atoms with E-state index in [9.17, 15) is 0 Å². The van der Waals surface area contributed by atoms with Crippen molar-refractivity contribution in [3.63, 3.8) is 0 Å². The SMILES string of the molecule is OP(O)O.[Li+].[Li+].[Li+].[O-]P([O-])[O-]. The molecule has 52 valence electrons. The first-order valence-corrected chi connectivity index (χ1v) is 3.44. The molecule has 0 bridgehead atoms. The maximum absolute atomic E-state index is 8.48. The Morgan fingerprint density at radius 2 is 0.727 bits per heavy atom. The Balaban J connectivity index is -0.0000000171. The molecule has 0 aliphatic carbocycles. The van der Waals surface area contributed by atoms with Gasteiger partial charge in [0.05, 0.1) is 0 Å². The Bertz CT molecular complexity index is 31.3. The normalized spacial score (nSPS) is 6.55. The molecule has 0 fully saturated rings. The number of rotatable bonds is 0. The van der Waals surface area contributed by atoms with Crippen molar-refractivity contribution < 1.29 is 85.9 Å². The van der Waals surface area contributed by atoms with Gasteiger partial charge < -0.3 is 38.0 Å². The molecule has 11 heavy (non-hydrogen) atoms. The van der Waals surface area contributed by atoms with E-state index in [1.54, 1.807) is 0 Å². The standard InChI is InChI=1S/3Li.H3O3P.O3P/c;;;2*1-4(2)3/h;;;1-3H;/q3*+1;;-3. The summed E-state index contributed by atoms with van der Waals surface area (Å²) < 4.78 is 0. The van der Waals surface area contributed by atoms with Gasteiger partial charge in [-0.25, -0.2) is 0 Å². The van der Waals surface area contributed by atoms with E-state index in [2.05, 4.69) is 0 Å². The maximum Gasteiger partial charge on any atom is 1.00 e. The first-order chi connectivity index (χ1) is 3.46. The van der Waals surface area contributed by atoms with Gasteiger partial charge in [0.15, 0.2) is 0 Å². The Labute approximate surface area is 103 Å². The second kappa shape index (κ2) is 22.8. The van der Waals surface area contributed by atoms with Crippen LogP contribution >= 0.6 is 17.2 Å². The minimum absolute atomic E-state index is 0. The van der Waals surface area contributed by atoms with E-state index < -0.39 is 17.2 Å². The van der Waals surface area contributed by atoms with Crippen LogP contribution in [0.4, 0.5) is 0 Å². The van der Waals surface area contributed by atoms with Crippen LogP contribution in [0.1, 0.15) is 0 Å². The third-order valence-corrected chi connectivity index (χ3v) is 0. The second-order valence-corrected chi connectivity index (χ2v) is 1.48. The predicted molar refractivity (Wildman–Crippen MR) is 20.5 cm³/mol. The van der Waals surface area contributed by atoms with Crippen LogP contribution in [0.5, 0.6) is 0 Å². The van der Waals surface area contributed by atoms with E-state index in [1.807, 2.05) is 0 Å². The molecule has 0 saturated heterocycles. The van der Waals surface area contributed by atoms with Crippen molar-refractivity contribution in [2.24, 2.45) is 0 Å². The molecular formula is H3Li3O6P2. The van der Waals surface area contributed by atoms with E-state index in [1.165, 1.54) is 0 Å². The van der Waals surface area contributed by atoms with Crippen LogP contribution in [0.2, 0.25) is 0 Å². The first kappa shape index (κ1) is 29.2. The summed E-state index contributed by atoms with van der Waals surface area (Å²) in [6, 6.07) is 0. The minimum atomic E-state index is -3.37. The Morgan fingerprint density at radius 3 is 0.727 bits per heavy atom. The molecule has 0 atom stereocenters. The van der Waals surface area contributed by atoms with E-state index >= 15 is 0 Å². The molecule has 0 aromatic carbocycles. The van der Waals surface area contributed by atoms with Crippen molar-refractivity contribution in [2.45, 2.75) is 0 Å². The topological polar surface area (TPSA) is 130 Å². The fourth-order valence-electron chi connectivity index (χ4n) is 0. The maximum atomic E-state index is 8.48. The molecule has 0 aliphatic rings. The zero-order valence-electron chi connectivity index (χ0n) is 6.46. The summed E-state index contributed by atoms with van der Waals surface area (Å²) in [4.78, 5) is 47.1. The van der Waals surface area contributed by atoms with Gasteiger partial charge in [0, 0.05) is 0 Å². The van der Waals surface area contributed by atoms with Gasteiger partial charge >= 0.3 is 65.2 Å². The van der Waals surface area contributed by atoms with Crippen molar-refractivity contribution >= 4 is 17.2 Å². The summed E-state index contributed by atoms with van der Waals surface area (Å²) in [5.41, 5.74) is 0. The molecule has 0 radical (unpaired) electrons. The van der Waals surface area contributed by atoms with E-state index in [4.69, 9.17) is 29.4 Å². The van der Waals surface area contributed by atoms with E-state index in [-0.39, 0.29) is 56.6 Å². The van der Waals surface area contributed by atoms with Crippen LogP contribution in [0.25, 0.3) is 0 Å². The zero-order valence-corrected chi connectivity index (χ0v) is 8.25. The summed E-state index contributed by atoms with van der Waals surface area (Å²) >= 11 is 0. The van der Waals surface area contributed by atoms with Crippen LogP contribution < -0.4 is 71.3 Å². The molecule has 3 N–H and O–H groups in total. The van der Waals surface area contributed by atoms with Gasteiger partial charge in [0.1, 0.15) is 0 Å². The minimum Gasteiger partial charge on any atom is -0.854 e. The van der Waals surface area contributed by atoms with Crippen molar-refractivity contribution in [3.8, 4) is 0 Å². The largest absolute Gasteiger partial charge is 1.00 e. The van der Waals surface area contributed by atoms with Crippen molar-refractivity contribution in [2.75, 3.05) is 0 Å². The molecule has 0 spiro atoms. The summed E-state index contributed by atoms with van der Waals surface area (Å²) in [7, 11) is -5.99. The van der Waals surface area contributed by atoms with E-state index in [0.29, 0.717) is 0 Å². The molecule has 6 nitrogen and oxygen atoms in total. The molecule has 0 unspecified atom stereocenters. The van der Waals surface area contributed by atoms with Gasteiger partial charge in [-0.2, -0.15) is 0 Å². The van der Waals surface area contributed by atoms with Gasteiger partial charge in [-0.1, -0.05) is 0 Å². The van der Waals surface area contributed by atoms with Crippen molar-refractivity contribution in [1.82, 2.24) is 0 Å². The van der Waals surface area contributed by atoms with Gasteiger partial charge in [0.25, 0.3) is 0 Å². The van der Waals surface area contributed by atoms with Crippen molar-refractivity contribution in [1.29, 1.82) is 0 Å². The molecule has 0 aromatic rings. The summed E-state index contributed by atoms with van der Waals surface area (Å²) in [6.45, 7) is 0. The van der Waals surface area contributed by atoms with Gasteiger partial charge in [-0.05, 0) is 0 Å². The van der Waals surface area contributed by atoms with Crippen LogP contribution in [-0.4, -0.2) is 14.7 Å². The van der Waals surface area contributed by atoms with Crippen LogP contribution in [0, 0.1) is 0 Å². The third kappa shape index (κ3) is 231. The number of hydrogen-bond donors (Lipinski definition) is 3. The molecule has 0 saturated carbocycles. The third-order valence-electron chi connectivity index (χ3n) is 0. The molecular weight excluding hydrogens is 179 g/mol. The molecule has 11 heteroatoms. The predicted octanol–water partition coefficient (Wildman–Crippen LogP) is -12.5. The van der Waals surface area contributed by atoms with Crippen LogP contribution in [-0.2, 0) is 0 Å². The second-order valence-electron chi connectivity index (χ2n) is 0.492. The Morgan fingerprint density at radius 1 is 0.727 bits per heavy atom. The molecule has 0 amide bonds. The fraction of sp³-hybridized carbons (Fsp3) is 0. The zero-order chi connectivity index (χ0) is 7.15. The Kier molecular flexibility index (Phi) is 60.6. The van der Waals surface area contributed by atoms with Crippen LogP contribution in [0.3, 0.4) is 0 Å². The van der Waals surface area contributed by atoms with Gasteiger partial charge in [0.2, 0.25) is 0 Å². The van der Waals surface area contributed by atoms with E-state index in [0.717, 1.165) is 0 Å². The Hall–Kier alpha value is 2.41. The van der Waals surface area contributed by atoms with Crippen LogP contribution in [0.15, 0.2) is 0 Å². The summed E-state index contributed by atoms with van der Waals surface area (Å²) in [5, 5.41) is 0. The average molecular weight is 182 g/mol. The molecule has 0 aliphatic heterocycles. The molecule has 0 heterocycles. The van der Waals surface area contributed by atoms with Crippen molar-refractivity contribution in [3.05, 3.63) is 0 Å². The molecule has 0 aromatic heterocycles. The summed E-state index contributed by atoms with van der Waals surface area (Å²) in [5.74, 6) is 0.